The number of rotatable bonds is 1. The highest BCUT2D eigenvalue weighted by atomic mass is 79.9. The normalized spacial score (nSPS) is 17.4. The lowest BCUT2D eigenvalue weighted by atomic mass is 9.90. The molecule has 0 unspecified atom stereocenters. The summed E-state index contributed by atoms with van der Waals surface area (Å²) < 4.78 is 0. The molecule has 78 valence electrons. The highest BCUT2D eigenvalue weighted by molar-refractivity contribution is 8.93. The number of hydrogen-bond acceptors (Lipinski definition) is 2. The van der Waals surface area contributed by atoms with Crippen molar-refractivity contribution < 1.29 is 5.11 Å². The van der Waals surface area contributed by atoms with Crippen molar-refractivity contribution in [3.8, 4) is 5.75 Å². The fraction of sp³-hybridized carbons (Fsp3) is 0.455. The fourth-order valence-corrected chi connectivity index (χ4v) is 1.90. The third-order valence-electron chi connectivity index (χ3n) is 2.70. The molecule has 0 aromatic heterocycles. The second-order valence-electron chi connectivity index (χ2n) is 3.62. The first-order valence-corrected chi connectivity index (χ1v) is 4.86. The Morgan fingerprint density at radius 1 is 1.07 bits per heavy atom. The Bertz CT molecular complexity index is 267. The van der Waals surface area contributed by atoms with Crippen LogP contribution in [-0.2, 0) is 0 Å². The molecule has 1 aliphatic heterocycles. The number of aromatic hydroxyl groups is 1. The van der Waals surface area contributed by atoms with Crippen LogP contribution in [0, 0.1) is 0 Å². The van der Waals surface area contributed by atoms with Gasteiger partial charge in [-0.05, 0) is 49.5 Å². The molecule has 0 bridgehead atoms. The van der Waals surface area contributed by atoms with E-state index in [1.165, 1.54) is 18.4 Å². The SMILES string of the molecule is Br.Oc1ccc(C2CCNCC2)cc1. The van der Waals surface area contributed by atoms with Crippen molar-refractivity contribution in [2.24, 2.45) is 0 Å². The van der Waals surface area contributed by atoms with E-state index in [1.807, 2.05) is 12.1 Å². The average Bonchev–Trinajstić information content (AvgIpc) is 2.20. The van der Waals surface area contributed by atoms with Gasteiger partial charge in [-0.15, -0.1) is 17.0 Å². The Morgan fingerprint density at radius 3 is 2.21 bits per heavy atom. The highest BCUT2D eigenvalue weighted by Gasteiger charge is 2.14. The van der Waals surface area contributed by atoms with Crippen molar-refractivity contribution in [3.05, 3.63) is 29.8 Å². The number of benzene rings is 1. The monoisotopic (exact) mass is 257 g/mol. The van der Waals surface area contributed by atoms with Gasteiger partial charge in [0, 0.05) is 0 Å². The minimum Gasteiger partial charge on any atom is -0.508 e. The Balaban J connectivity index is 0.000000980. The van der Waals surface area contributed by atoms with Crippen molar-refractivity contribution in [2.75, 3.05) is 13.1 Å². The minimum absolute atomic E-state index is 0. The first kappa shape index (κ1) is 11.5. The quantitative estimate of drug-likeness (QED) is 0.810. The summed E-state index contributed by atoms with van der Waals surface area (Å²) in [5, 5.41) is 12.5. The molecule has 0 amide bonds. The zero-order valence-electron chi connectivity index (χ0n) is 8.07. The molecule has 1 saturated heterocycles. The van der Waals surface area contributed by atoms with Gasteiger partial charge in [0.25, 0.3) is 0 Å². The molecule has 2 N–H and O–H groups in total. The van der Waals surface area contributed by atoms with Crippen LogP contribution in [0.1, 0.15) is 24.3 Å². The van der Waals surface area contributed by atoms with E-state index in [-0.39, 0.29) is 17.0 Å². The van der Waals surface area contributed by atoms with Gasteiger partial charge in [0.15, 0.2) is 0 Å². The van der Waals surface area contributed by atoms with E-state index >= 15 is 0 Å². The van der Waals surface area contributed by atoms with E-state index < -0.39 is 0 Å². The van der Waals surface area contributed by atoms with Gasteiger partial charge < -0.3 is 10.4 Å². The molecule has 3 heteroatoms. The number of hydrogen-bond donors (Lipinski definition) is 2. The van der Waals surface area contributed by atoms with Gasteiger partial charge in [-0.1, -0.05) is 12.1 Å². The van der Waals surface area contributed by atoms with Crippen molar-refractivity contribution >= 4 is 17.0 Å². The van der Waals surface area contributed by atoms with Gasteiger partial charge in [-0.25, -0.2) is 0 Å². The number of phenols is 1. The van der Waals surface area contributed by atoms with E-state index in [0.717, 1.165) is 13.1 Å². The van der Waals surface area contributed by atoms with Crippen molar-refractivity contribution in [1.29, 1.82) is 0 Å². The van der Waals surface area contributed by atoms with Crippen molar-refractivity contribution in [3.63, 3.8) is 0 Å². The van der Waals surface area contributed by atoms with Crippen molar-refractivity contribution in [2.45, 2.75) is 18.8 Å². The maximum Gasteiger partial charge on any atom is 0.115 e. The zero-order chi connectivity index (χ0) is 9.10. The predicted molar refractivity (Wildman–Crippen MR) is 63.3 cm³/mol. The molecule has 0 atom stereocenters. The lowest BCUT2D eigenvalue weighted by Crippen LogP contribution is -2.26. The largest absolute Gasteiger partial charge is 0.508 e. The molecule has 1 aromatic rings. The molecule has 1 fully saturated rings. The Kier molecular flexibility index (Phi) is 4.42. The summed E-state index contributed by atoms with van der Waals surface area (Å²) in [5.41, 5.74) is 1.36. The molecule has 1 aromatic carbocycles. The van der Waals surface area contributed by atoms with E-state index in [4.69, 9.17) is 5.11 Å². The van der Waals surface area contributed by atoms with Gasteiger partial charge in [0.05, 0.1) is 0 Å². The topological polar surface area (TPSA) is 32.3 Å². The number of halogens is 1. The van der Waals surface area contributed by atoms with Gasteiger partial charge in [-0.2, -0.15) is 0 Å². The second kappa shape index (κ2) is 5.37. The summed E-state index contributed by atoms with van der Waals surface area (Å²) in [6.45, 7) is 2.23. The van der Waals surface area contributed by atoms with Crippen LogP contribution in [0.5, 0.6) is 5.75 Å². The first-order valence-electron chi connectivity index (χ1n) is 4.86. The third kappa shape index (κ3) is 2.72. The summed E-state index contributed by atoms with van der Waals surface area (Å²) in [6.07, 6.45) is 2.43. The smallest absolute Gasteiger partial charge is 0.115 e. The zero-order valence-corrected chi connectivity index (χ0v) is 9.78. The fourth-order valence-electron chi connectivity index (χ4n) is 1.90. The molecular weight excluding hydrogens is 242 g/mol. The summed E-state index contributed by atoms with van der Waals surface area (Å²) in [4.78, 5) is 0. The van der Waals surface area contributed by atoms with Gasteiger partial charge >= 0.3 is 0 Å². The summed E-state index contributed by atoms with van der Waals surface area (Å²) in [5.74, 6) is 1.04. The predicted octanol–water partition coefficient (Wildman–Crippen LogP) is 2.44. The number of piperidine rings is 1. The van der Waals surface area contributed by atoms with Gasteiger partial charge in [0.1, 0.15) is 5.75 Å². The second-order valence-corrected chi connectivity index (χ2v) is 3.62. The molecule has 14 heavy (non-hydrogen) atoms. The van der Waals surface area contributed by atoms with Crippen LogP contribution in [0.15, 0.2) is 24.3 Å². The molecule has 0 spiro atoms. The van der Waals surface area contributed by atoms with Crippen LogP contribution >= 0.6 is 17.0 Å². The lowest BCUT2D eigenvalue weighted by molar-refractivity contribution is 0.457. The number of nitrogens with one attached hydrogen (secondary N) is 1. The van der Waals surface area contributed by atoms with E-state index in [2.05, 4.69) is 5.32 Å². The average molecular weight is 258 g/mol. The standard InChI is InChI=1S/C11H15NO.BrH/c13-11-3-1-9(2-4-11)10-5-7-12-8-6-10;/h1-4,10,12-13H,5-8H2;1H. The van der Waals surface area contributed by atoms with Crippen LogP contribution in [0.3, 0.4) is 0 Å². The van der Waals surface area contributed by atoms with Gasteiger partial charge in [-0.3, -0.25) is 0 Å². The molecule has 0 saturated carbocycles. The van der Waals surface area contributed by atoms with Crippen LogP contribution < -0.4 is 5.32 Å². The van der Waals surface area contributed by atoms with E-state index in [9.17, 15) is 0 Å². The number of phenolic OH excluding ortho intramolecular Hbond substituents is 1. The van der Waals surface area contributed by atoms with E-state index in [1.54, 1.807) is 12.1 Å². The summed E-state index contributed by atoms with van der Waals surface area (Å²) in [7, 11) is 0. The highest BCUT2D eigenvalue weighted by Crippen LogP contribution is 2.26. The summed E-state index contributed by atoms with van der Waals surface area (Å²) >= 11 is 0. The third-order valence-corrected chi connectivity index (χ3v) is 2.70. The van der Waals surface area contributed by atoms with E-state index in [0.29, 0.717) is 11.7 Å². The van der Waals surface area contributed by atoms with Crippen molar-refractivity contribution in [1.82, 2.24) is 5.32 Å². The minimum atomic E-state index is 0. The molecular formula is C11H16BrNO. The van der Waals surface area contributed by atoms with Crippen LogP contribution in [0.25, 0.3) is 0 Å². The first-order chi connectivity index (χ1) is 6.36. The molecule has 1 aliphatic rings. The van der Waals surface area contributed by atoms with Crippen LogP contribution in [-0.4, -0.2) is 18.2 Å². The maximum absolute atomic E-state index is 9.14. The van der Waals surface area contributed by atoms with Gasteiger partial charge in [0.2, 0.25) is 0 Å². The maximum atomic E-state index is 9.14. The Hall–Kier alpha value is -0.540. The van der Waals surface area contributed by atoms with Crippen LogP contribution in [0.2, 0.25) is 0 Å². The molecule has 2 nitrogen and oxygen atoms in total. The Morgan fingerprint density at radius 2 is 1.64 bits per heavy atom. The summed E-state index contributed by atoms with van der Waals surface area (Å²) in [6, 6.07) is 7.62. The Labute approximate surface area is 95.1 Å². The molecule has 2 rings (SSSR count). The van der Waals surface area contributed by atoms with Crippen LogP contribution in [0.4, 0.5) is 0 Å². The molecule has 0 radical (unpaired) electrons. The molecule has 0 aliphatic carbocycles. The lowest BCUT2D eigenvalue weighted by Gasteiger charge is -2.22. The molecule has 1 heterocycles.